The van der Waals surface area contributed by atoms with Crippen molar-refractivity contribution in [2.75, 3.05) is 19.9 Å². The molecular formula is C7H14O3P. The Morgan fingerprint density at radius 2 is 2.00 bits per heavy atom. The monoisotopic (exact) mass is 177 g/mol. The fourth-order valence-electron chi connectivity index (χ4n) is 0.791. The van der Waals surface area contributed by atoms with Crippen LogP contribution < -0.4 is 0 Å². The summed E-state index contributed by atoms with van der Waals surface area (Å²) < 4.78 is 21.3. The van der Waals surface area contributed by atoms with Crippen molar-refractivity contribution in [1.82, 2.24) is 0 Å². The van der Waals surface area contributed by atoms with Crippen molar-refractivity contribution in [3.63, 3.8) is 0 Å². The first-order valence-corrected chi connectivity index (χ1v) is 5.68. The third-order valence-electron chi connectivity index (χ3n) is 1.96. The number of hydrogen-bond donors (Lipinski definition) is 0. The third kappa shape index (κ3) is 2.29. The minimum absolute atomic E-state index is 0.191. The van der Waals surface area contributed by atoms with E-state index in [1.165, 1.54) is 6.66 Å². The van der Waals surface area contributed by atoms with Crippen molar-refractivity contribution >= 4 is 7.60 Å². The molecule has 65 valence electrons. The molecule has 0 spiro atoms. The van der Waals surface area contributed by atoms with Gasteiger partial charge in [0.25, 0.3) is 0 Å². The van der Waals surface area contributed by atoms with Crippen molar-refractivity contribution < 1.29 is 13.6 Å². The molecule has 0 saturated carbocycles. The van der Waals surface area contributed by atoms with E-state index in [9.17, 15) is 4.57 Å². The summed E-state index contributed by atoms with van der Waals surface area (Å²) in [4.78, 5) is 0. The van der Waals surface area contributed by atoms with Crippen LogP contribution in [-0.2, 0) is 13.6 Å². The molecule has 0 amide bonds. The van der Waals surface area contributed by atoms with Crippen LogP contribution in [-0.4, -0.2) is 19.9 Å². The summed E-state index contributed by atoms with van der Waals surface area (Å²) in [6.07, 6.45) is 0.882. The van der Waals surface area contributed by atoms with Crippen LogP contribution in [0.2, 0.25) is 0 Å². The van der Waals surface area contributed by atoms with E-state index in [1.807, 2.05) is 6.92 Å². The molecule has 0 aromatic rings. The average Bonchev–Trinajstić information content (AvgIpc) is 1.97. The molecular weight excluding hydrogens is 163 g/mol. The minimum atomic E-state index is -2.72. The zero-order valence-corrected chi connectivity index (χ0v) is 7.89. The van der Waals surface area contributed by atoms with E-state index < -0.39 is 7.60 Å². The smallest absolute Gasteiger partial charge is 0.308 e. The summed E-state index contributed by atoms with van der Waals surface area (Å²) in [5.74, 6) is 0. The molecule has 1 aliphatic heterocycles. The zero-order valence-electron chi connectivity index (χ0n) is 7.00. The third-order valence-corrected chi connectivity index (χ3v) is 3.16. The van der Waals surface area contributed by atoms with Gasteiger partial charge in [-0.05, 0) is 13.3 Å². The van der Waals surface area contributed by atoms with E-state index in [2.05, 4.69) is 6.92 Å². The quantitative estimate of drug-likeness (QED) is 0.575. The van der Waals surface area contributed by atoms with Crippen LogP contribution >= 0.6 is 7.60 Å². The molecule has 4 heteroatoms. The van der Waals surface area contributed by atoms with E-state index in [0.29, 0.717) is 13.2 Å². The lowest BCUT2D eigenvalue weighted by Crippen LogP contribution is -2.31. The fraction of sp³-hybridized carbons (Fsp3) is 0.857. The van der Waals surface area contributed by atoms with Gasteiger partial charge in [-0.25, -0.2) is 0 Å². The van der Waals surface area contributed by atoms with Crippen molar-refractivity contribution in [3.8, 4) is 0 Å². The van der Waals surface area contributed by atoms with Crippen LogP contribution in [0.5, 0.6) is 0 Å². The normalized spacial score (nSPS) is 45.7. The lowest BCUT2D eigenvalue weighted by atomic mass is 9.90. The molecule has 0 aliphatic carbocycles. The van der Waals surface area contributed by atoms with Crippen LogP contribution in [0.3, 0.4) is 0 Å². The summed E-state index contributed by atoms with van der Waals surface area (Å²) in [5, 5.41) is 0. The van der Waals surface area contributed by atoms with E-state index >= 15 is 0 Å². The lowest BCUT2D eigenvalue weighted by Gasteiger charge is -2.34. The molecule has 1 fully saturated rings. The van der Waals surface area contributed by atoms with Gasteiger partial charge in [0.2, 0.25) is 0 Å². The molecule has 1 rings (SSSR count). The van der Waals surface area contributed by atoms with E-state index in [4.69, 9.17) is 9.05 Å². The SMILES string of the molecule is [CH2]C1(CC)COP(C)(=O)OC1. The maximum atomic E-state index is 11.2. The topological polar surface area (TPSA) is 35.5 Å². The molecule has 1 aliphatic rings. The summed E-state index contributed by atoms with van der Waals surface area (Å²) in [7, 11) is -2.72. The van der Waals surface area contributed by atoms with Crippen molar-refractivity contribution in [1.29, 1.82) is 0 Å². The van der Waals surface area contributed by atoms with Crippen LogP contribution in [0.1, 0.15) is 13.3 Å². The summed E-state index contributed by atoms with van der Waals surface area (Å²) in [6, 6.07) is 0. The average molecular weight is 177 g/mol. The predicted molar refractivity (Wildman–Crippen MR) is 43.5 cm³/mol. The maximum Gasteiger partial charge on any atom is 0.327 e. The molecule has 0 unspecified atom stereocenters. The molecule has 3 nitrogen and oxygen atoms in total. The fourth-order valence-corrected chi connectivity index (χ4v) is 1.88. The maximum absolute atomic E-state index is 11.2. The van der Waals surface area contributed by atoms with Gasteiger partial charge in [-0.15, -0.1) is 0 Å². The summed E-state index contributed by atoms with van der Waals surface area (Å²) in [5.41, 5.74) is -0.191. The Bertz CT molecular complexity index is 178. The highest BCUT2D eigenvalue weighted by Gasteiger charge is 2.34. The Morgan fingerprint density at radius 1 is 1.55 bits per heavy atom. The standard InChI is InChI=1S/C7H14O3P/c1-4-7(2)5-9-11(3,8)10-6-7/h2,4-6H2,1,3H3. The lowest BCUT2D eigenvalue weighted by molar-refractivity contribution is 0.0464. The zero-order chi connectivity index (χ0) is 8.54. The molecule has 0 N–H and O–H groups in total. The van der Waals surface area contributed by atoms with Gasteiger partial charge in [0.15, 0.2) is 0 Å². The van der Waals surface area contributed by atoms with Crippen LogP contribution in [0.4, 0.5) is 0 Å². The first-order chi connectivity index (χ1) is 4.97. The van der Waals surface area contributed by atoms with Gasteiger partial charge in [0, 0.05) is 12.1 Å². The van der Waals surface area contributed by atoms with Crippen LogP contribution in [0.25, 0.3) is 0 Å². The molecule has 1 saturated heterocycles. The predicted octanol–water partition coefficient (Wildman–Crippen LogP) is 2.09. The Kier molecular flexibility index (Phi) is 2.43. The molecule has 1 heterocycles. The number of rotatable bonds is 1. The van der Waals surface area contributed by atoms with Gasteiger partial charge in [-0.3, -0.25) is 4.57 Å². The molecule has 0 aromatic heterocycles. The Hall–Kier alpha value is 0.150. The van der Waals surface area contributed by atoms with Gasteiger partial charge in [-0.1, -0.05) is 6.92 Å². The second-order valence-electron chi connectivity index (χ2n) is 3.17. The number of hydrogen-bond acceptors (Lipinski definition) is 3. The highest BCUT2D eigenvalue weighted by Crippen LogP contribution is 2.50. The largest absolute Gasteiger partial charge is 0.327 e. The highest BCUT2D eigenvalue weighted by atomic mass is 31.2. The second kappa shape index (κ2) is 2.89. The first-order valence-electron chi connectivity index (χ1n) is 3.69. The molecule has 0 aromatic carbocycles. The second-order valence-corrected chi connectivity index (χ2v) is 5.23. The van der Waals surface area contributed by atoms with Gasteiger partial charge in [0.05, 0.1) is 13.2 Å². The van der Waals surface area contributed by atoms with Crippen molar-refractivity contribution in [2.24, 2.45) is 5.41 Å². The van der Waals surface area contributed by atoms with Gasteiger partial charge < -0.3 is 9.05 Å². The van der Waals surface area contributed by atoms with E-state index in [1.54, 1.807) is 0 Å². The van der Waals surface area contributed by atoms with E-state index in [-0.39, 0.29) is 5.41 Å². The van der Waals surface area contributed by atoms with Crippen molar-refractivity contribution in [3.05, 3.63) is 6.92 Å². The Balaban J connectivity index is 2.54. The Labute approximate surface area is 67.6 Å². The minimum Gasteiger partial charge on any atom is -0.308 e. The van der Waals surface area contributed by atoms with E-state index in [0.717, 1.165) is 6.42 Å². The van der Waals surface area contributed by atoms with Crippen LogP contribution in [0, 0.1) is 12.3 Å². The van der Waals surface area contributed by atoms with Gasteiger partial charge in [-0.2, -0.15) is 0 Å². The van der Waals surface area contributed by atoms with Gasteiger partial charge in [0.1, 0.15) is 0 Å². The van der Waals surface area contributed by atoms with Crippen molar-refractivity contribution in [2.45, 2.75) is 13.3 Å². The molecule has 11 heavy (non-hydrogen) atoms. The first kappa shape index (κ1) is 9.24. The van der Waals surface area contributed by atoms with Crippen LogP contribution in [0.15, 0.2) is 0 Å². The summed E-state index contributed by atoms with van der Waals surface area (Å²) >= 11 is 0. The van der Waals surface area contributed by atoms with Gasteiger partial charge >= 0.3 is 7.60 Å². The molecule has 0 bridgehead atoms. The Morgan fingerprint density at radius 3 is 2.36 bits per heavy atom. The molecule has 0 atom stereocenters. The highest BCUT2D eigenvalue weighted by molar-refractivity contribution is 7.53. The molecule has 1 radical (unpaired) electrons. The summed E-state index contributed by atoms with van der Waals surface area (Å²) in [6.45, 7) is 8.33.